The number of thioether (sulfide) groups is 1. The van der Waals surface area contributed by atoms with Gasteiger partial charge in [-0.3, -0.25) is 0 Å². The van der Waals surface area contributed by atoms with Gasteiger partial charge in [0.05, 0.1) is 11.1 Å². The monoisotopic (exact) mass is 286 g/mol. The van der Waals surface area contributed by atoms with Gasteiger partial charge >= 0.3 is 0 Å². The third kappa shape index (κ3) is 3.42. The van der Waals surface area contributed by atoms with Gasteiger partial charge in [-0.15, -0.1) is 0 Å². The Morgan fingerprint density at radius 2 is 2.00 bits per heavy atom. The second kappa shape index (κ2) is 5.80. The fourth-order valence-corrected chi connectivity index (χ4v) is 3.29. The number of benzene rings is 1. The van der Waals surface area contributed by atoms with Crippen LogP contribution in [0, 0.1) is 5.92 Å². The molecule has 0 spiro atoms. The average molecular weight is 287 g/mol. The second-order valence-corrected chi connectivity index (χ2v) is 5.88. The fourth-order valence-electron chi connectivity index (χ4n) is 1.68. The molecule has 1 aliphatic heterocycles. The Morgan fingerprint density at radius 3 is 2.73 bits per heavy atom. The van der Waals surface area contributed by atoms with Crippen molar-refractivity contribution in [2.45, 2.75) is 12.8 Å². The van der Waals surface area contributed by atoms with E-state index in [1.54, 1.807) is 0 Å². The number of rotatable bonds is 3. The number of ether oxygens (including phenoxy) is 1. The van der Waals surface area contributed by atoms with E-state index in [0.717, 1.165) is 22.7 Å². The summed E-state index contributed by atoms with van der Waals surface area (Å²) in [7, 11) is 0. The predicted octanol–water partition coefficient (Wildman–Crippen LogP) is 3.97. The van der Waals surface area contributed by atoms with Crippen LogP contribution in [0.5, 0.6) is 5.75 Å². The van der Waals surface area contributed by atoms with E-state index < -0.39 is 0 Å². The predicted molar refractivity (Wildman–Crippen MR) is 69.7 cm³/mol. The molecule has 0 atom stereocenters. The van der Waals surface area contributed by atoms with E-state index in [0.29, 0.717) is 0 Å². The van der Waals surface area contributed by atoms with E-state index >= 15 is 0 Å². The molecule has 0 amide bonds. The summed E-state index contributed by atoms with van der Waals surface area (Å²) in [4.78, 5) is 0. The zero-order valence-corrected chi connectivity index (χ0v) is 11.0. The molecule has 0 unspecified atom stereocenters. The zero-order chi connectivity index (χ0) is 10.5. The van der Waals surface area contributed by atoms with Crippen LogP contribution in [0.2, 0.25) is 0 Å². The standard InChI is InChI=1S/C12H15BrOS/c13-11-3-1-2-4-12(11)14-9-10-5-7-15-8-6-10/h1-4,10H,5-9H2. The third-order valence-corrected chi connectivity index (χ3v) is 4.36. The van der Waals surface area contributed by atoms with Gasteiger partial charge < -0.3 is 4.74 Å². The van der Waals surface area contributed by atoms with Crippen molar-refractivity contribution in [2.75, 3.05) is 18.1 Å². The minimum atomic E-state index is 0.748. The van der Waals surface area contributed by atoms with Crippen molar-refractivity contribution in [3.63, 3.8) is 0 Å². The first-order chi connectivity index (χ1) is 7.36. The zero-order valence-electron chi connectivity index (χ0n) is 8.62. The van der Waals surface area contributed by atoms with Gasteiger partial charge in [-0.1, -0.05) is 12.1 Å². The fraction of sp³-hybridized carbons (Fsp3) is 0.500. The molecule has 0 aromatic heterocycles. The summed E-state index contributed by atoms with van der Waals surface area (Å²) in [5, 5.41) is 0. The van der Waals surface area contributed by atoms with Crippen molar-refractivity contribution in [2.24, 2.45) is 5.92 Å². The summed E-state index contributed by atoms with van der Waals surface area (Å²) < 4.78 is 6.87. The molecule has 1 aromatic rings. The lowest BCUT2D eigenvalue weighted by Crippen LogP contribution is -2.17. The molecule has 0 radical (unpaired) electrons. The molecule has 1 aliphatic rings. The summed E-state index contributed by atoms with van der Waals surface area (Å²) in [6.45, 7) is 0.864. The van der Waals surface area contributed by atoms with Crippen LogP contribution in [-0.4, -0.2) is 18.1 Å². The number of halogens is 1. The molecule has 1 fully saturated rings. The molecular formula is C12H15BrOS. The van der Waals surface area contributed by atoms with Gasteiger partial charge in [0.15, 0.2) is 0 Å². The van der Waals surface area contributed by atoms with E-state index in [9.17, 15) is 0 Å². The van der Waals surface area contributed by atoms with E-state index in [4.69, 9.17) is 4.74 Å². The normalized spacial score (nSPS) is 17.7. The summed E-state index contributed by atoms with van der Waals surface area (Å²) >= 11 is 5.55. The number of hydrogen-bond acceptors (Lipinski definition) is 2. The van der Waals surface area contributed by atoms with Crippen molar-refractivity contribution >= 4 is 27.7 Å². The molecule has 3 heteroatoms. The SMILES string of the molecule is Brc1ccccc1OCC1CCSCC1. The van der Waals surface area contributed by atoms with E-state index in [-0.39, 0.29) is 0 Å². The van der Waals surface area contributed by atoms with Crippen LogP contribution in [-0.2, 0) is 0 Å². The highest BCUT2D eigenvalue weighted by Crippen LogP contribution is 2.27. The maximum absolute atomic E-state index is 5.82. The minimum Gasteiger partial charge on any atom is -0.492 e. The molecule has 1 nitrogen and oxygen atoms in total. The molecule has 0 bridgehead atoms. The Kier molecular flexibility index (Phi) is 4.39. The summed E-state index contributed by atoms with van der Waals surface area (Å²) in [6.07, 6.45) is 2.60. The minimum absolute atomic E-state index is 0.748. The van der Waals surface area contributed by atoms with Crippen molar-refractivity contribution in [3.05, 3.63) is 28.7 Å². The van der Waals surface area contributed by atoms with Gasteiger partial charge in [-0.2, -0.15) is 11.8 Å². The topological polar surface area (TPSA) is 9.23 Å². The maximum atomic E-state index is 5.82. The highest BCUT2D eigenvalue weighted by molar-refractivity contribution is 9.10. The van der Waals surface area contributed by atoms with Gasteiger partial charge in [-0.25, -0.2) is 0 Å². The van der Waals surface area contributed by atoms with Crippen LogP contribution in [0.3, 0.4) is 0 Å². The van der Waals surface area contributed by atoms with Gasteiger partial charge in [0.2, 0.25) is 0 Å². The maximum Gasteiger partial charge on any atom is 0.133 e. The van der Waals surface area contributed by atoms with Gasteiger partial charge in [0.1, 0.15) is 5.75 Å². The van der Waals surface area contributed by atoms with Crippen LogP contribution in [0.25, 0.3) is 0 Å². The van der Waals surface area contributed by atoms with Crippen LogP contribution in [0.15, 0.2) is 28.7 Å². The Labute approximate surface area is 104 Å². The molecule has 0 saturated carbocycles. The average Bonchev–Trinajstić information content (AvgIpc) is 2.29. The first kappa shape index (κ1) is 11.3. The lowest BCUT2D eigenvalue weighted by molar-refractivity contribution is 0.239. The van der Waals surface area contributed by atoms with E-state index in [2.05, 4.69) is 27.7 Å². The highest BCUT2D eigenvalue weighted by atomic mass is 79.9. The van der Waals surface area contributed by atoms with Crippen LogP contribution in [0.1, 0.15) is 12.8 Å². The molecule has 0 aliphatic carbocycles. The second-order valence-electron chi connectivity index (χ2n) is 3.80. The Morgan fingerprint density at radius 1 is 1.27 bits per heavy atom. The summed E-state index contributed by atoms with van der Waals surface area (Å²) in [5.41, 5.74) is 0. The van der Waals surface area contributed by atoms with Crippen molar-refractivity contribution in [1.29, 1.82) is 0 Å². The van der Waals surface area contributed by atoms with Crippen molar-refractivity contribution in [3.8, 4) is 5.75 Å². The lowest BCUT2D eigenvalue weighted by Gasteiger charge is -2.21. The number of para-hydroxylation sites is 1. The smallest absolute Gasteiger partial charge is 0.133 e. The molecule has 1 aromatic carbocycles. The molecule has 15 heavy (non-hydrogen) atoms. The van der Waals surface area contributed by atoms with Gasteiger partial charge in [0.25, 0.3) is 0 Å². The largest absolute Gasteiger partial charge is 0.492 e. The molecule has 0 N–H and O–H groups in total. The quantitative estimate of drug-likeness (QED) is 0.832. The van der Waals surface area contributed by atoms with E-state index in [1.807, 2.05) is 24.3 Å². The Bertz CT molecular complexity index is 310. The van der Waals surface area contributed by atoms with Crippen LogP contribution in [0.4, 0.5) is 0 Å². The van der Waals surface area contributed by atoms with E-state index in [1.165, 1.54) is 24.3 Å². The first-order valence-corrected chi connectivity index (χ1v) is 7.26. The van der Waals surface area contributed by atoms with Crippen molar-refractivity contribution in [1.82, 2.24) is 0 Å². The summed E-state index contributed by atoms with van der Waals surface area (Å²) in [6, 6.07) is 8.05. The molecular weight excluding hydrogens is 272 g/mol. The Balaban J connectivity index is 1.84. The highest BCUT2D eigenvalue weighted by Gasteiger charge is 2.14. The molecule has 82 valence electrons. The van der Waals surface area contributed by atoms with Gasteiger partial charge in [-0.05, 0) is 58.3 Å². The number of hydrogen-bond donors (Lipinski definition) is 0. The molecule has 1 heterocycles. The van der Waals surface area contributed by atoms with Crippen molar-refractivity contribution < 1.29 is 4.74 Å². The Hall–Kier alpha value is -0.150. The summed E-state index contributed by atoms with van der Waals surface area (Å²) in [5.74, 6) is 4.31. The molecule has 1 saturated heterocycles. The lowest BCUT2D eigenvalue weighted by atomic mass is 10.0. The first-order valence-electron chi connectivity index (χ1n) is 5.31. The third-order valence-electron chi connectivity index (χ3n) is 2.65. The van der Waals surface area contributed by atoms with Crippen LogP contribution >= 0.6 is 27.7 Å². The van der Waals surface area contributed by atoms with Crippen LogP contribution < -0.4 is 4.74 Å². The molecule has 2 rings (SSSR count). The van der Waals surface area contributed by atoms with Gasteiger partial charge in [0, 0.05) is 0 Å².